The summed E-state index contributed by atoms with van der Waals surface area (Å²) < 4.78 is 40.4. The lowest BCUT2D eigenvalue weighted by Gasteiger charge is -2.31. The summed E-state index contributed by atoms with van der Waals surface area (Å²) in [6, 6.07) is 0. The lowest BCUT2D eigenvalue weighted by molar-refractivity contribution is -0.185. The van der Waals surface area contributed by atoms with Gasteiger partial charge in [-0.25, -0.2) is 0 Å². The predicted octanol–water partition coefficient (Wildman–Crippen LogP) is 2.21. The fraction of sp³-hybridized carbons (Fsp3) is 0.765. The molecule has 0 radical (unpaired) electrons. The van der Waals surface area contributed by atoms with Gasteiger partial charge < -0.3 is 10.6 Å². The monoisotopic (exact) mass is 358 g/mol. The summed E-state index contributed by atoms with van der Waals surface area (Å²) in [6.45, 7) is 1.63. The first-order chi connectivity index (χ1) is 11.8. The van der Waals surface area contributed by atoms with E-state index in [0.717, 1.165) is 12.0 Å². The lowest BCUT2D eigenvalue weighted by Crippen LogP contribution is -2.39. The van der Waals surface area contributed by atoms with Crippen molar-refractivity contribution in [2.45, 2.75) is 37.8 Å². The van der Waals surface area contributed by atoms with E-state index in [4.69, 9.17) is 0 Å². The van der Waals surface area contributed by atoms with Crippen LogP contribution in [0, 0.1) is 17.8 Å². The molecular formula is C17H25F3N4O. The number of hydrogen-bond donors (Lipinski definition) is 2. The molecule has 1 saturated heterocycles. The number of carbonyl (C=O) groups excluding carboxylic acids is 1. The molecule has 1 aliphatic carbocycles. The van der Waals surface area contributed by atoms with E-state index in [0.29, 0.717) is 26.1 Å². The maximum Gasteiger partial charge on any atom is 0.391 e. The van der Waals surface area contributed by atoms with Gasteiger partial charge in [-0.05, 0) is 30.7 Å². The van der Waals surface area contributed by atoms with Crippen LogP contribution in [0.25, 0.3) is 0 Å². The molecule has 8 heteroatoms. The van der Waals surface area contributed by atoms with Crippen molar-refractivity contribution in [2.24, 2.45) is 24.8 Å². The molecule has 25 heavy (non-hydrogen) atoms. The fourth-order valence-corrected chi connectivity index (χ4v) is 4.09. The van der Waals surface area contributed by atoms with Crippen molar-refractivity contribution >= 4 is 5.91 Å². The Bertz CT molecular complexity index is 601. The van der Waals surface area contributed by atoms with Crippen molar-refractivity contribution in [3.8, 4) is 0 Å². The Balaban J connectivity index is 1.53. The first-order valence-corrected chi connectivity index (χ1v) is 8.88. The third-order valence-corrected chi connectivity index (χ3v) is 5.51. The van der Waals surface area contributed by atoms with E-state index in [-0.39, 0.29) is 36.5 Å². The Morgan fingerprint density at radius 1 is 1.40 bits per heavy atom. The van der Waals surface area contributed by atoms with Gasteiger partial charge in [-0.2, -0.15) is 18.3 Å². The Hall–Kier alpha value is -1.57. The maximum absolute atomic E-state index is 12.9. The van der Waals surface area contributed by atoms with Crippen molar-refractivity contribution in [1.29, 1.82) is 0 Å². The van der Waals surface area contributed by atoms with Crippen LogP contribution in [0.1, 0.15) is 37.2 Å². The van der Waals surface area contributed by atoms with Crippen LogP contribution < -0.4 is 10.6 Å². The lowest BCUT2D eigenvalue weighted by atomic mass is 9.81. The Morgan fingerprint density at radius 3 is 2.88 bits per heavy atom. The molecule has 0 aromatic carbocycles. The van der Waals surface area contributed by atoms with E-state index in [9.17, 15) is 18.0 Å². The molecule has 2 unspecified atom stereocenters. The van der Waals surface area contributed by atoms with E-state index in [1.165, 1.54) is 0 Å². The van der Waals surface area contributed by atoms with E-state index in [2.05, 4.69) is 15.7 Å². The number of aromatic nitrogens is 2. The van der Waals surface area contributed by atoms with Gasteiger partial charge in [0.25, 0.3) is 0 Å². The first kappa shape index (κ1) is 18.2. The van der Waals surface area contributed by atoms with Gasteiger partial charge in [-0.15, -0.1) is 0 Å². The first-order valence-electron chi connectivity index (χ1n) is 8.88. The van der Waals surface area contributed by atoms with Crippen LogP contribution in [0.2, 0.25) is 0 Å². The zero-order chi connectivity index (χ0) is 18.0. The highest BCUT2D eigenvalue weighted by Crippen LogP contribution is 2.39. The summed E-state index contributed by atoms with van der Waals surface area (Å²) in [7, 11) is 1.83. The molecule has 2 aliphatic rings. The quantitative estimate of drug-likeness (QED) is 0.868. The number of nitrogens with one attached hydrogen (secondary N) is 2. The van der Waals surface area contributed by atoms with E-state index < -0.39 is 12.1 Å². The van der Waals surface area contributed by atoms with Crippen molar-refractivity contribution in [2.75, 3.05) is 19.6 Å². The van der Waals surface area contributed by atoms with E-state index in [1.807, 2.05) is 13.2 Å². The minimum Gasteiger partial charge on any atom is -0.356 e. The number of rotatable bonds is 4. The van der Waals surface area contributed by atoms with Gasteiger partial charge in [0, 0.05) is 38.8 Å². The average molecular weight is 358 g/mol. The molecule has 2 heterocycles. The van der Waals surface area contributed by atoms with Crippen molar-refractivity contribution < 1.29 is 18.0 Å². The highest BCUT2D eigenvalue weighted by molar-refractivity contribution is 5.80. The van der Waals surface area contributed by atoms with E-state index in [1.54, 1.807) is 10.9 Å². The summed E-state index contributed by atoms with van der Waals surface area (Å²) in [4.78, 5) is 12.6. The third kappa shape index (κ3) is 4.34. The summed E-state index contributed by atoms with van der Waals surface area (Å²) in [5.41, 5.74) is 1.02. The molecule has 1 saturated carbocycles. The van der Waals surface area contributed by atoms with Gasteiger partial charge in [-0.1, -0.05) is 6.42 Å². The molecule has 5 nitrogen and oxygen atoms in total. The molecule has 0 bridgehead atoms. The van der Waals surface area contributed by atoms with Crippen LogP contribution in [-0.4, -0.2) is 41.5 Å². The zero-order valence-electron chi connectivity index (χ0n) is 14.4. The highest BCUT2D eigenvalue weighted by atomic mass is 19.4. The predicted molar refractivity (Wildman–Crippen MR) is 86.8 cm³/mol. The second-order valence-corrected chi connectivity index (χ2v) is 7.33. The Kier molecular flexibility index (Phi) is 5.36. The van der Waals surface area contributed by atoms with Crippen molar-refractivity contribution in [3.63, 3.8) is 0 Å². The molecule has 2 N–H and O–H groups in total. The van der Waals surface area contributed by atoms with Crippen LogP contribution in [0.5, 0.6) is 0 Å². The smallest absolute Gasteiger partial charge is 0.356 e. The van der Waals surface area contributed by atoms with Crippen molar-refractivity contribution in [1.82, 2.24) is 20.4 Å². The summed E-state index contributed by atoms with van der Waals surface area (Å²) in [6.07, 6.45) is 1.22. The number of carbonyl (C=O) groups is 1. The van der Waals surface area contributed by atoms with Gasteiger partial charge >= 0.3 is 6.18 Å². The van der Waals surface area contributed by atoms with E-state index >= 15 is 0 Å². The molecule has 140 valence electrons. The summed E-state index contributed by atoms with van der Waals surface area (Å²) in [5, 5.41) is 10.3. The van der Waals surface area contributed by atoms with Crippen LogP contribution in [0.15, 0.2) is 12.4 Å². The highest BCUT2D eigenvalue weighted by Gasteiger charge is 2.42. The van der Waals surface area contributed by atoms with Crippen molar-refractivity contribution in [3.05, 3.63) is 18.0 Å². The van der Waals surface area contributed by atoms with Gasteiger partial charge in [0.15, 0.2) is 0 Å². The fourth-order valence-electron chi connectivity index (χ4n) is 4.09. The van der Waals surface area contributed by atoms with Crippen LogP contribution >= 0.6 is 0 Å². The molecule has 3 rings (SSSR count). The molecule has 4 atom stereocenters. The number of nitrogens with zero attached hydrogens (tertiary/aromatic N) is 2. The number of halogens is 3. The normalized spacial score (nSPS) is 30.4. The maximum atomic E-state index is 12.9. The van der Waals surface area contributed by atoms with Crippen LogP contribution in [0.3, 0.4) is 0 Å². The Morgan fingerprint density at radius 2 is 2.20 bits per heavy atom. The average Bonchev–Trinajstić information content (AvgIpc) is 3.20. The van der Waals surface area contributed by atoms with Crippen LogP contribution in [0.4, 0.5) is 13.2 Å². The molecule has 1 aromatic rings. The molecule has 1 aliphatic heterocycles. The standard InChI is InChI=1S/C17H25F3N4O/c1-24-10-12(7-23-24)14-8-21-9-15(14)16(25)22-6-11-3-2-4-13(5-11)17(18,19)20/h7,10-11,13-15,21H,2-6,8-9H2,1H3,(H,22,25)/t11?,13?,14-,15+/m1/s1. The number of aryl methyl sites for hydroxylation is 1. The molecule has 2 fully saturated rings. The summed E-state index contributed by atoms with van der Waals surface area (Å²) >= 11 is 0. The number of amides is 1. The minimum atomic E-state index is -4.12. The summed E-state index contributed by atoms with van der Waals surface area (Å²) in [5.74, 6) is -1.53. The second-order valence-electron chi connectivity index (χ2n) is 7.33. The number of alkyl halides is 3. The second kappa shape index (κ2) is 7.35. The van der Waals surface area contributed by atoms with Crippen LogP contribution in [-0.2, 0) is 11.8 Å². The largest absolute Gasteiger partial charge is 0.391 e. The topological polar surface area (TPSA) is 59.0 Å². The number of hydrogen-bond acceptors (Lipinski definition) is 3. The van der Waals surface area contributed by atoms with Gasteiger partial charge in [0.05, 0.1) is 18.0 Å². The van der Waals surface area contributed by atoms with Gasteiger partial charge in [0.1, 0.15) is 0 Å². The Labute approximate surface area is 145 Å². The van der Waals surface area contributed by atoms with Gasteiger partial charge in [-0.3, -0.25) is 9.48 Å². The molecule has 1 aromatic heterocycles. The molecule has 1 amide bonds. The molecule has 0 spiro atoms. The molecular weight excluding hydrogens is 333 g/mol. The zero-order valence-corrected chi connectivity index (χ0v) is 14.4. The SMILES string of the molecule is Cn1cc([C@H]2CNC[C@@H]2C(=O)NCC2CCCC(C(F)(F)F)C2)cn1. The van der Waals surface area contributed by atoms with Gasteiger partial charge in [0.2, 0.25) is 5.91 Å². The third-order valence-electron chi connectivity index (χ3n) is 5.51. The minimum absolute atomic E-state index is 0.0583.